The van der Waals surface area contributed by atoms with E-state index in [2.05, 4.69) is 30.6 Å². The Kier molecular flexibility index (Phi) is 4.66. The molecule has 0 saturated carbocycles. The molecule has 1 rings (SSSR count). The second-order valence-electron chi connectivity index (χ2n) is 3.83. The molecule has 0 spiro atoms. The summed E-state index contributed by atoms with van der Waals surface area (Å²) >= 11 is 1.68. The van der Waals surface area contributed by atoms with E-state index >= 15 is 0 Å². The Morgan fingerprint density at radius 2 is 2.36 bits per heavy atom. The van der Waals surface area contributed by atoms with Crippen LogP contribution in [0.15, 0.2) is 16.8 Å². The second-order valence-corrected chi connectivity index (χ2v) is 4.61. The van der Waals surface area contributed by atoms with Gasteiger partial charge >= 0.3 is 0 Å². The van der Waals surface area contributed by atoms with E-state index in [1.807, 2.05) is 5.38 Å². The lowest BCUT2D eigenvalue weighted by Crippen LogP contribution is -2.27. The molecule has 3 heteroatoms. The summed E-state index contributed by atoms with van der Waals surface area (Å²) in [6, 6.07) is 2.07. The molecule has 0 bridgehead atoms. The molecule has 1 aromatic rings. The van der Waals surface area contributed by atoms with Gasteiger partial charge in [-0.1, -0.05) is 13.8 Å². The number of rotatable bonds is 5. The van der Waals surface area contributed by atoms with Crippen LogP contribution in [-0.4, -0.2) is 12.5 Å². The normalized spacial score (nSPS) is 10.5. The summed E-state index contributed by atoms with van der Waals surface area (Å²) in [5, 5.41) is 7.04. The van der Waals surface area contributed by atoms with E-state index in [-0.39, 0.29) is 5.91 Å². The Hall–Kier alpha value is -0.830. The number of nitrogens with one attached hydrogen (secondary N) is 1. The fraction of sp³-hybridized carbons (Fsp3) is 0.545. The van der Waals surface area contributed by atoms with Gasteiger partial charge in [-0.25, -0.2) is 0 Å². The Labute approximate surface area is 89.3 Å². The van der Waals surface area contributed by atoms with E-state index in [4.69, 9.17) is 0 Å². The van der Waals surface area contributed by atoms with E-state index in [9.17, 15) is 4.79 Å². The molecule has 14 heavy (non-hydrogen) atoms. The monoisotopic (exact) mass is 211 g/mol. The third-order valence-corrected chi connectivity index (χ3v) is 2.66. The number of aryl methyl sites for hydroxylation is 1. The van der Waals surface area contributed by atoms with Gasteiger partial charge in [0, 0.05) is 13.0 Å². The van der Waals surface area contributed by atoms with Crippen LogP contribution in [0.25, 0.3) is 0 Å². The van der Waals surface area contributed by atoms with Crippen molar-refractivity contribution in [3.05, 3.63) is 22.4 Å². The van der Waals surface area contributed by atoms with Gasteiger partial charge in [-0.05, 0) is 34.7 Å². The van der Waals surface area contributed by atoms with Crippen molar-refractivity contribution in [2.24, 2.45) is 5.92 Å². The first-order chi connectivity index (χ1) is 6.68. The number of amides is 1. The zero-order valence-electron chi connectivity index (χ0n) is 8.75. The van der Waals surface area contributed by atoms with Crippen LogP contribution in [0.4, 0.5) is 0 Å². The molecule has 0 aliphatic rings. The molecule has 0 unspecified atom stereocenters. The van der Waals surface area contributed by atoms with Gasteiger partial charge in [0.2, 0.25) is 5.91 Å². The van der Waals surface area contributed by atoms with Gasteiger partial charge < -0.3 is 5.32 Å². The molecule has 78 valence electrons. The van der Waals surface area contributed by atoms with Gasteiger partial charge in [-0.2, -0.15) is 11.3 Å². The number of carbonyl (C=O) groups is 1. The lowest BCUT2D eigenvalue weighted by molar-refractivity contribution is -0.121. The highest BCUT2D eigenvalue weighted by molar-refractivity contribution is 7.07. The molecule has 0 radical (unpaired) electrons. The largest absolute Gasteiger partial charge is 0.356 e. The number of hydrogen-bond donors (Lipinski definition) is 1. The zero-order chi connectivity index (χ0) is 10.4. The van der Waals surface area contributed by atoms with Crippen molar-refractivity contribution in [3.8, 4) is 0 Å². The van der Waals surface area contributed by atoms with E-state index < -0.39 is 0 Å². The standard InChI is InChI=1S/C11H17NOS/c1-9(2)7-12-11(13)4-3-10-5-6-14-8-10/h5-6,8-9H,3-4,7H2,1-2H3,(H,12,13). The second kappa shape index (κ2) is 5.81. The predicted octanol–water partition coefficient (Wildman–Crippen LogP) is 2.45. The third kappa shape index (κ3) is 4.42. The van der Waals surface area contributed by atoms with Crippen molar-refractivity contribution in [2.45, 2.75) is 26.7 Å². The molecular weight excluding hydrogens is 194 g/mol. The van der Waals surface area contributed by atoms with Gasteiger partial charge in [0.1, 0.15) is 0 Å². The highest BCUT2D eigenvalue weighted by Gasteiger charge is 2.02. The maximum absolute atomic E-state index is 11.3. The van der Waals surface area contributed by atoms with Crippen LogP contribution < -0.4 is 5.32 Å². The summed E-state index contributed by atoms with van der Waals surface area (Å²) in [7, 11) is 0. The molecule has 0 aliphatic heterocycles. The molecule has 0 aromatic carbocycles. The molecule has 1 N–H and O–H groups in total. The number of hydrogen-bond acceptors (Lipinski definition) is 2. The summed E-state index contributed by atoms with van der Waals surface area (Å²) in [5.41, 5.74) is 1.26. The molecule has 1 amide bonds. The fourth-order valence-electron chi connectivity index (χ4n) is 1.10. The first-order valence-electron chi connectivity index (χ1n) is 4.96. The van der Waals surface area contributed by atoms with Crippen LogP contribution >= 0.6 is 11.3 Å². The molecule has 0 aliphatic carbocycles. The van der Waals surface area contributed by atoms with Gasteiger partial charge in [-0.15, -0.1) is 0 Å². The average molecular weight is 211 g/mol. The smallest absolute Gasteiger partial charge is 0.220 e. The lowest BCUT2D eigenvalue weighted by atomic mass is 10.2. The van der Waals surface area contributed by atoms with Crippen LogP contribution in [0, 0.1) is 5.92 Å². The number of carbonyl (C=O) groups excluding carboxylic acids is 1. The minimum atomic E-state index is 0.157. The van der Waals surface area contributed by atoms with Gasteiger partial charge in [-0.3, -0.25) is 4.79 Å². The van der Waals surface area contributed by atoms with E-state index in [0.717, 1.165) is 13.0 Å². The number of thiophene rings is 1. The highest BCUT2D eigenvalue weighted by atomic mass is 32.1. The minimum Gasteiger partial charge on any atom is -0.356 e. The minimum absolute atomic E-state index is 0.157. The van der Waals surface area contributed by atoms with E-state index in [0.29, 0.717) is 12.3 Å². The van der Waals surface area contributed by atoms with Gasteiger partial charge in [0.25, 0.3) is 0 Å². The first-order valence-corrected chi connectivity index (χ1v) is 5.90. The predicted molar refractivity (Wildman–Crippen MR) is 60.5 cm³/mol. The highest BCUT2D eigenvalue weighted by Crippen LogP contribution is 2.08. The lowest BCUT2D eigenvalue weighted by Gasteiger charge is -2.06. The molecule has 0 fully saturated rings. The summed E-state index contributed by atoms with van der Waals surface area (Å²) in [6.07, 6.45) is 1.46. The van der Waals surface area contributed by atoms with Crippen molar-refractivity contribution in [3.63, 3.8) is 0 Å². The van der Waals surface area contributed by atoms with Crippen molar-refractivity contribution >= 4 is 17.2 Å². The van der Waals surface area contributed by atoms with Crippen LogP contribution in [-0.2, 0) is 11.2 Å². The SMILES string of the molecule is CC(C)CNC(=O)CCc1ccsc1. The van der Waals surface area contributed by atoms with Gasteiger partial charge in [0.15, 0.2) is 0 Å². The van der Waals surface area contributed by atoms with Crippen molar-refractivity contribution < 1.29 is 4.79 Å². The Balaban J connectivity index is 2.15. The Morgan fingerprint density at radius 1 is 1.57 bits per heavy atom. The van der Waals surface area contributed by atoms with Crippen molar-refractivity contribution in [1.82, 2.24) is 5.32 Å². The quantitative estimate of drug-likeness (QED) is 0.796. The Bertz CT molecular complexity index is 267. The maximum Gasteiger partial charge on any atom is 0.220 e. The summed E-state index contributed by atoms with van der Waals surface area (Å²) in [6.45, 7) is 4.97. The summed E-state index contributed by atoms with van der Waals surface area (Å²) < 4.78 is 0. The van der Waals surface area contributed by atoms with Crippen LogP contribution in [0.2, 0.25) is 0 Å². The third-order valence-electron chi connectivity index (χ3n) is 1.93. The topological polar surface area (TPSA) is 29.1 Å². The van der Waals surface area contributed by atoms with Gasteiger partial charge in [0.05, 0.1) is 0 Å². The van der Waals surface area contributed by atoms with Crippen LogP contribution in [0.5, 0.6) is 0 Å². The van der Waals surface area contributed by atoms with E-state index in [1.165, 1.54) is 5.56 Å². The maximum atomic E-state index is 11.3. The van der Waals surface area contributed by atoms with Crippen LogP contribution in [0.1, 0.15) is 25.8 Å². The molecule has 0 atom stereocenters. The Morgan fingerprint density at radius 3 is 2.93 bits per heavy atom. The van der Waals surface area contributed by atoms with Crippen molar-refractivity contribution in [2.75, 3.05) is 6.54 Å². The van der Waals surface area contributed by atoms with Crippen LogP contribution in [0.3, 0.4) is 0 Å². The van der Waals surface area contributed by atoms with E-state index in [1.54, 1.807) is 11.3 Å². The summed E-state index contributed by atoms with van der Waals surface area (Å²) in [4.78, 5) is 11.3. The molecule has 2 nitrogen and oxygen atoms in total. The molecule has 0 saturated heterocycles. The van der Waals surface area contributed by atoms with Crippen molar-refractivity contribution in [1.29, 1.82) is 0 Å². The molecule has 1 aromatic heterocycles. The zero-order valence-corrected chi connectivity index (χ0v) is 9.56. The molecule has 1 heterocycles. The fourth-order valence-corrected chi connectivity index (χ4v) is 1.80. The molecular formula is C11H17NOS. The summed E-state index contributed by atoms with van der Waals surface area (Å²) in [5.74, 6) is 0.685. The average Bonchev–Trinajstić information content (AvgIpc) is 2.63. The first kappa shape index (κ1) is 11.2.